The van der Waals surface area contributed by atoms with Crippen LogP contribution >= 0.6 is 0 Å². The van der Waals surface area contributed by atoms with Crippen molar-refractivity contribution in [1.82, 2.24) is 25.1 Å². The topological polar surface area (TPSA) is 64.9 Å². The normalized spacial score (nSPS) is 11.4. The maximum atomic E-state index is 5.85. The highest BCUT2D eigenvalue weighted by Gasteiger charge is 2.12. The summed E-state index contributed by atoms with van der Waals surface area (Å²) in [7, 11) is 1.85. The summed E-state index contributed by atoms with van der Waals surface area (Å²) in [6.07, 6.45) is 5.23. The fourth-order valence-corrected chi connectivity index (χ4v) is 1.79. The fraction of sp³-hybridized carbons (Fsp3) is 0.533. The largest absolute Gasteiger partial charge is 0.450 e. The van der Waals surface area contributed by atoms with E-state index >= 15 is 0 Å². The summed E-state index contributed by atoms with van der Waals surface area (Å²) in [6, 6.07) is 0.383. The second-order valence-electron chi connectivity index (χ2n) is 5.68. The van der Waals surface area contributed by atoms with E-state index in [9.17, 15) is 0 Å². The number of hydrogen-bond acceptors (Lipinski definition) is 5. The Bertz CT molecular complexity index is 591. The quantitative estimate of drug-likeness (QED) is 0.885. The molecule has 0 amide bonds. The predicted molar refractivity (Wildman–Crippen MR) is 81.4 cm³/mol. The summed E-state index contributed by atoms with van der Waals surface area (Å²) >= 11 is 0. The Morgan fingerprint density at radius 2 is 2.00 bits per heavy atom. The molecule has 0 spiro atoms. The van der Waals surface area contributed by atoms with Gasteiger partial charge in [-0.3, -0.25) is 4.68 Å². The van der Waals surface area contributed by atoms with E-state index < -0.39 is 0 Å². The maximum Gasteiger partial charge on any atom is 0.168 e. The van der Waals surface area contributed by atoms with Crippen LogP contribution in [0.2, 0.25) is 0 Å². The molecule has 21 heavy (non-hydrogen) atoms. The Morgan fingerprint density at radius 3 is 2.57 bits per heavy atom. The molecule has 0 aliphatic rings. The molecule has 2 heterocycles. The molecule has 1 N–H and O–H groups in total. The zero-order valence-corrected chi connectivity index (χ0v) is 13.3. The van der Waals surface area contributed by atoms with Crippen molar-refractivity contribution < 1.29 is 4.74 Å². The van der Waals surface area contributed by atoms with Crippen LogP contribution in [0.25, 0.3) is 0 Å². The molecular formula is C15H23N5O. The molecule has 0 saturated carbocycles. The van der Waals surface area contributed by atoms with Gasteiger partial charge in [-0.2, -0.15) is 5.10 Å². The Balaban J connectivity index is 2.25. The number of hydrogen-bond donors (Lipinski definition) is 1. The second kappa shape index (κ2) is 6.67. The van der Waals surface area contributed by atoms with Crippen LogP contribution in [-0.2, 0) is 13.6 Å². The van der Waals surface area contributed by atoms with Crippen LogP contribution < -0.4 is 10.1 Å². The van der Waals surface area contributed by atoms with Crippen LogP contribution in [0.1, 0.15) is 45.1 Å². The second-order valence-corrected chi connectivity index (χ2v) is 5.68. The summed E-state index contributed by atoms with van der Waals surface area (Å²) in [5.74, 6) is 2.47. The lowest BCUT2D eigenvalue weighted by Crippen LogP contribution is -2.23. The average molecular weight is 289 g/mol. The molecule has 0 aliphatic carbocycles. The van der Waals surface area contributed by atoms with Crippen LogP contribution in [0.5, 0.6) is 11.5 Å². The van der Waals surface area contributed by atoms with Gasteiger partial charge in [0, 0.05) is 25.6 Å². The summed E-state index contributed by atoms with van der Waals surface area (Å²) in [5.41, 5.74) is 0.867. The monoisotopic (exact) mass is 289 g/mol. The van der Waals surface area contributed by atoms with Gasteiger partial charge in [0.2, 0.25) is 0 Å². The molecule has 0 fully saturated rings. The van der Waals surface area contributed by atoms with E-state index in [1.54, 1.807) is 17.1 Å². The van der Waals surface area contributed by atoms with Gasteiger partial charge in [-0.15, -0.1) is 0 Å². The molecule has 0 aliphatic heterocycles. The van der Waals surface area contributed by atoms with E-state index in [4.69, 9.17) is 4.74 Å². The molecule has 0 atom stereocenters. The van der Waals surface area contributed by atoms with Crippen LogP contribution in [0.4, 0.5) is 0 Å². The molecule has 0 radical (unpaired) electrons. The molecule has 0 aromatic carbocycles. The van der Waals surface area contributed by atoms with Crippen LogP contribution in [0, 0.1) is 0 Å². The molecule has 0 saturated heterocycles. The first-order chi connectivity index (χ1) is 9.95. The average Bonchev–Trinajstić information content (AvgIpc) is 2.82. The highest BCUT2D eigenvalue weighted by atomic mass is 16.5. The molecule has 6 heteroatoms. The standard InChI is InChI=1S/C15H23N5O/c1-10(2)15-17-8-14(13(19-15)7-16-11(3)4)21-12-6-18-20(5)9-12/h6,8-11,16H,7H2,1-5H3. The third kappa shape index (κ3) is 4.26. The van der Waals surface area contributed by atoms with Gasteiger partial charge in [0.05, 0.1) is 18.6 Å². The first kappa shape index (κ1) is 15.4. The minimum absolute atomic E-state index is 0.287. The molecule has 114 valence electrons. The summed E-state index contributed by atoms with van der Waals surface area (Å²) < 4.78 is 7.55. The molecule has 2 aromatic rings. The predicted octanol–water partition coefficient (Wildman–Crippen LogP) is 2.62. The number of rotatable bonds is 6. The Hall–Kier alpha value is -1.95. The SMILES string of the molecule is CC(C)NCc1nc(C(C)C)ncc1Oc1cnn(C)c1. The van der Waals surface area contributed by atoms with Crippen molar-refractivity contribution in [3.05, 3.63) is 30.1 Å². The van der Waals surface area contributed by atoms with E-state index in [0.29, 0.717) is 24.1 Å². The highest BCUT2D eigenvalue weighted by molar-refractivity contribution is 5.30. The number of aryl methyl sites for hydroxylation is 1. The Kier molecular flexibility index (Phi) is 4.90. The Labute approximate surface area is 125 Å². The van der Waals surface area contributed by atoms with Crippen molar-refractivity contribution in [2.24, 2.45) is 7.05 Å². The Morgan fingerprint density at radius 1 is 1.24 bits per heavy atom. The van der Waals surface area contributed by atoms with E-state index in [1.807, 2.05) is 13.2 Å². The molecule has 0 unspecified atom stereocenters. The first-order valence-electron chi connectivity index (χ1n) is 7.21. The van der Waals surface area contributed by atoms with E-state index in [1.165, 1.54) is 0 Å². The van der Waals surface area contributed by atoms with Gasteiger partial charge >= 0.3 is 0 Å². The fourth-order valence-electron chi connectivity index (χ4n) is 1.79. The van der Waals surface area contributed by atoms with Gasteiger partial charge in [0.1, 0.15) is 11.5 Å². The minimum atomic E-state index is 0.287. The van der Waals surface area contributed by atoms with Crippen LogP contribution in [-0.4, -0.2) is 25.8 Å². The van der Waals surface area contributed by atoms with Gasteiger partial charge in [0.25, 0.3) is 0 Å². The van der Waals surface area contributed by atoms with Gasteiger partial charge in [-0.05, 0) is 0 Å². The van der Waals surface area contributed by atoms with Crippen LogP contribution in [0.3, 0.4) is 0 Å². The summed E-state index contributed by atoms with van der Waals surface area (Å²) in [4.78, 5) is 9.00. The third-order valence-corrected chi connectivity index (χ3v) is 2.95. The lowest BCUT2D eigenvalue weighted by molar-refractivity contribution is 0.458. The van der Waals surface area contributed by atoms with Crippen LogP contribution in [0.15, 0.2) is 18.6 Å². The number of aromatic nitrogens is 4. The van der Waals surface area contributed by atoms with Crippen molar-refractivity contribution in [3.8, 4) is 11.5 Å². The molecule has 2 rings (SSSR count). The minimum Gasteiger partial charge on any atom is -0.450 e. The zero-order valence-electron chi connectivity index (χ0n) is 13.3. The van der Waals surface area contributed by atoms with Crippen molar-refractivity contribution >= 4 is 0 Å². The zero-order chi connectivity index (χ0) is 15.4. The lowest BCUT2D eigenvalue weighted by atomic mass is 10.2. The maximum absolute atomic E-state index is 5.85. The highest BCUT2D eigenvalue weighted by Crippen LogP contribution is 2.24. The molecular weight excluding hydrogens is 266 g/mol. The first-order valence-corrected chi connectivity index (χ1v) is 7.21. The molecule has 2 aromatic heterocycles. The van der Waals surface area contributed by atoms with Gasteiger partial charge in [0.15, 0.2) is 11.5 Å². The van der Waals surface area contributed by atoms with E-state index in [-0.39, 0.29) is 5.92 Å². The number of nitrogens with zero attached hydrogens (tertiary/aromatic N) is 4. The van der Waals surface area contributed by atoms with Crippen molar-refractivity contribution in [3.63, 3.8) is 0 Å². The summed E-state index contributed by atoms with van der Waals surface area (Å²) in [5, 5.41) is 7.47. The van der Waals surface area contributed by atoms with Crippen molar-refractivity contribution in [2.45, 2.75) is 46.2 Å². The van der Waals surface area contributed by atoms with Crippen molar-refractivity contribution in [1.29, 1.82) is 0 Å². The lowest BCUT2D eigenvalue weighted by Gasteiger charge is -2.13. The number of ether oxygens (including phenoxy) is 1. The van der Waals surface area contributed by atoms with Gasteiger partial charge in [-0.25, -0.2) is 9.97 Å². The van der Waals surface area contributed by atoms with Gasteiger partial charge < -0.3 is 10.1 Å². The van der Waals surface area contributed by atoms with Crippen molar-refractivity contribution in [2.75, 3.05) is 0 Å². The molecule has 6 nitrogen and oxygen atoms in total. The number of nitrogens with one attached hydrogen (secondary N) is 1. The van der Waals surface area contributed by atoms with E-state index in [2.05, 4.69) is 48.1 Å². The summed E-state index contributed by atoms with van der Waals surface area (Å²) in [6.45, 7) is 9.02. The van der Waals surface area contributed by atoms with E-state index in [0.717, 1.165) is 11.5 Å². The third-order valence-electron chi connectivity index (χ3n) is 2.95. The van der Waals surface area contributed by atoms with Gasteiger partial charge in [-0.1, -0.05) is 27.7 Å². The smallest absolute Gasteiger partial charge is 0.168 e. The molecule has 0 bridgehead atoms.